The van der Waals surface area contributed by atoms with E-state index in [9.17, 15) is 0 Å². The summed E-state index contributed by atoms with van der Waals surface area (Å²) >= 11 is 0. The molecule has 0 aromatic heterocycles. The highest BCUT2D eigenvalue weighted by molar-refractivity contribution is 6.04. The Bertz CT molecular complexity index is 968. The Kier molecular flexibility index (Phi) is 4.62. The molecule has 28 heavy (non-hydrogen) atoms. The third-order valence-electron chi connectivity index (χ3n) is 5.59. The molecule has 1 aromatic rings. The number of hydrogen-bond acceptors (Lipinski definition) is 3. The number of nitrogens with zero attached hydrogens (tertiary/aromatic N) is 3. The van der Waals surface area contributed by atoms with Crippen molar-refractivity contribution in [1.82, 2.24) is 4.90 Å². The van der Waals surface area contributed by atoms with E-state index in [1.54, 1.807) is 0 Å². The minimum Gasteiger partial charge on any atom is -0.329 e. The van der Waals surface area contributed by atoms with Gasteiger partial charge in [0.05, 0.1) is 5.70 Å². The predicted molar refractivity (Wildman–Crippen MR) is 119 cm³/mol. The van der Waals surface area contributed by atoms with Crippen molar-refractivity contribution in [1.29, 1.82) is 0 Å². The molecule has 2 heterocycles. The second kappa shape index (κ2) is 6.97. The van der Waals surface area contributed by atoms with Crippen molar-refractivity contribution in [2.75, 3.05) is 11.9 Å². The predicted octanol–water partition coefficient (Wildman–Crippen LogP) is 6.09. The molecule has 144 valence electrons. The minimum absolute atomic E-state index is 0.503. The molecule has 0 N–H and O–H groups in total. The molecule has 0 atom stereocenters. The Hall–Kier alpha value is -2.81. The van der Waals surface area contributed by atoms with Gasteiger partial charge in [-0.2, -0.15) is 0 Å². The summed E-state index contributed by atoms with van der Waals surface area (Å²) in [6.45, 7) is 15.5. The van der Waals surface area contributed by atoms with Crippen LogP contribution < -0.4 is 4.90 Å². The SMILES string of the molecule is C=C1C2=CCCC=C2N(C)C2=C1C(=C)N(c1ccc(C)cc1)C(CC(C)C)=N2. The number of anilines is 1. The van der Waals surface area contributed by atoms with Gasteiger partial charge >= 0.3 is 0 Å². The van der Waals surface area contributed by atoms with Gasteiger partial charge < -0.3 is 4.90 Å². The first-order valence-electron chi connectivity index (χ1n) is 10.1. The molecular formula is C25H29N3. The summed E-state index contributed by atoms with van der Waals surface area (Å²) in [6, 6.07) is 8.60. The van der Waals surface area contributed by atoms with E-state index in [4.69, 9.17) is 4.99 Å². The monoisotopic (exact) mass is 371 g/mol. The van der Waals surface area contributed by atoms with Crippen molar-refractivity contribution in [3.63, 3.8) is 0 Å². The zero-order chi connectivity index (χ0) is 20.0. The summed E-state index contributed by atoms with van der Waals surface area (Å²) < 4.78 is 0. The summed E-state index contributed by atoms with van der Waals surface area (Å²) in [5.74, 6) is 2.52. The number of fused-ring (bicyclic) bond motifs is 1. The van der Waals surface area contributed by atoms with Gasteiger partial charge in [-0.1, -0.05) is 56.9 Å². The van der Waals surface area contributed by atoms with Gasteiger partial charge in [0, 0.05) is 36.0 Å². The highest BCUT2D eigenvalue weighted by Crippen LogP contribution is 2.45. The van der Waals surface area contributed by atoms with Gasteiger partial charge in [0.2, 0.25) is 0 Å². The standard InChI is InChI=1S/C25H29N3/c1-16(2)15-23-26-25-24(18(4)21-9-7-8-10-22(21)27(25)6)19(5)28(23)20-13-11-17(3)12-14-20/h9-14,16H,4-5,7-8,15H2,1-3,6H3. The fourth-order valence-electron chi connectivity index (χ4n) is 4.18. The van der Waals surface area contributed by atoms with Gasteiger partial charge in [0.15, 0.2) is 0 Å². The third kappa shape index (κ3) is 2.95. The van der Waals surface area contributed by atoms with Crippen molar-refractivity contribution >= 4 is 11.5 Å². The molecule has 0 spiro atoms. The van der Waals surface area contributed by atoms with Gasteiger partial charge in [-0.15, -0.1) is 0 Å². The van der Waals surface area contributed by atoms with Crippen LogP contribution in [0.25, 0.3) is 0 Å². The van der Waals surface area contributed by atoms with Gasteiger partial charge in [-0.3, -0.25) is 4.90 Å². The molecule has 0 saturated heterocycles. The number of amidine groups is 1. The normalized spacial score (nSPS) is 19.4. The van der Waals surface area contributed by atoms with Gasteiger partial charge in [0.1, 0.15) is 11.7 Å². The van der Waals surface area contributed by atoms with Crippen LogP contribution in [0.4, 0.5) is 5.69 Å². The number of aryl methyl sites for hydroxylation is 1. The van der Waals surface area contributed by atoms with Crippen LogP contribution in [0.5, 0.6) is 0 Å². The summed E-state index contributed by atoms with van der Waals surface area (Å²) in [5, 5.41) is 0. The zero-order valence-corrected chi connectivity index (χ0v) is 17.4. The average Bonchev–Trinajstić information content (AvgIpc) is 2.66. The van der Waals surface area contributed by atoms with Crippen LogP contribution in [0.3, 0.4) is 0 Å². The number of likely N-dealkylation sites (N-methyl/N-ethyl adjacent to an activating group) is 1. The van der Waals surface area contributed by atoms with Crippen LogP contribution in [0, 0.1) is 12.8 Å². The molecule has 3 nitrogen and oxygen atoms in total. The van der Waals surface area contributed by atoms with E-state index in [2.05, 4.69) is 87.2 Å². The molecule has 0 unspecified atom stereocenters. The number of rotatable bonds is 3. The molecule has 3 heteroatoms. The summed E-state index contributed by atoms with van der Waals surface area (Å²) in [7, 11) is 2.11. The van der Waals surface area contributed by atoms with E-state index in [0.29, 0.717) is 5.92 Å². The summed E-state index contributed by atoms with van der Waals surface area (Å²) in [4.78, 5) is 9.59. The number of aliphatic imine (C=N–C) groups is 1. The maximum atomic E-state index is 5.16. The summed E-state index contributed by atoms with van der Waals surface area (Å²) in [6.07, 6.45) is 7.62. The third-order valence-corrected chi connectivity index (χ3v) is 5.59. The van der Waals surface area contributed by atoms with E-state index >= 15 is 0 Å². The molecular weight excluding hydrogens is 342 g/mol. The van der Waals surface area contributed by atoms with E-state index in [1.807, 2.05) is 0 Å². The van der Waals surface area contributed by atoms with Crippen molar-refractivity contribution in [3.8, 4) is 0 Å². The lowest BCUT2D eigenvalue weighted by atomic mass is 9.85. The molecule has 1 aliphatic carbocycles. The lowest BCUT2D eigenvalue weighted by Gasteiger charge is -2.42. The number of hydrogen-bond donors (Lipinski definition) is 0. The lowest BCUT2D eigenvalue weighted by Crippen LogP contribution is -2.39. The number of benzene rings is 1. The van der Waals surface area contributed by atoms with E-state index in [0.717, 1.165) is 53.4 Å². The largest absolute Gasteiger partial charge is 0.329 e. The number of allylic oxidation sites excluding steroid dienone is 4. The second-order valence-electron chi connectivity index (χ2n) is 8.26. The maximum Gasteiger partial charge on any atom is 0.144 e. The second-order valence-corrected chi connectivity index (χ2v) is 8.26. The van der Waals surface area contributed by atoms with Gasteiger partial charge in [-0.05, 0) is 43.4 Å². The zero-order valence-electron chi connectivity index (χ0n) is 17.4. The van der Waals surface area contributed by atoms with Crippen LogP contribution in [0.1, 0.15) is 38.7 Å². The van der Waals surface area contributed by atoms with Crippen molar-refractivity contribution in [2.24, 2.45) is 10.9 Å². The maximum absolute atomic E-state index is 5.16. The molecule has 0 saturated carbocycles. The highest BCUT2D eigenvalue weighted by atomic mass is 15.3. The first-order valence-corrected chi connectivity index (χ1v) is 10.1. The molecule has 1 aromatic carbocycles. The van der Waals surface area contributed by atoms with Crippen molar-refractivity contribution in [2.45, 2.75) is 40.0 Å². The van der Waals surface area contributed by atoms with Crippen LogP contribution in [0.2, 0.25) is 0 Å². The average molecular weight is 372 g/mol. The van der Waals surface area contributed by atoms with E-state index < -0.39 is 0 Å². The van der Waals surface area contributed by atoms with E-state index in [1.165, 1.54) is 16.8 Å². The van der Waals surface area contributed by atoms with Gasteiger partial charge in [0.25, 0.3) is 0 Å². The Morgan fingerprint density at radius 3 is 2.43 bits per heavy atom. The molecule has 0 fully saturated rings. The van der Waals surface area contributed by atoms with Crippen LogP contribution in [0.15, 0.2) is 88.5 Å². The van der Waals surface area contributed by atoms with Crippen LogP contribution >= 0.6 is 0 Å². The fourth-order valence-corrected chi connectivity index (χ4v) is 4.18. The molecule has 0 radical (unpaired) electrons. The quantitative estimate of drug-likeness (QED) is 0.640. The topological polar surface area (TPSA) is 18.8 Å². The van der Waals surface area contributed by atoms with Crippen LogP contribution in [-0.2, 0) is 0 Å². The van der Waals surface area contributed by atoms with Gasteiger partial charge in [-0.25, -0.2) is 4.99 Å². The fraction of sp³-hybridized carbons (Fsp3) is 0.320. The Morgan fingerprint density at radius 1 is 1.07 bits per heavy atom. The Labute approximate surface area is 168 Å². The highest BCUT2D eigenvalue weighted by Gasteiger charge is 2.36. The molecule has 3 aliphatic rings. The molecule has 0 amide bonds. The Morgan fingerprint density at radius 2 is 1.75 bits per heavy atom. The lowest BCUT2D eigenvalue weighted by molar-refractivity contribution is 0.498. The van der Waals surface area contributed by atoms with E-state index in [-0.39, 0.29) is 0 Å². The molecule has 2 aliphatic heterocycles. The van der Waals surface area contributed by atoms with Crippen LogP contribution in [-0.4, -0.2) is 17.8 Å². The molecule has 0 bridgehead atoms. The summed E-state index contributed by atoms with van der Waals surface area (Å²) in [5.41, 5.74) is 7.86. The first-order chi connectivity index (χ1) is 13.4. The van der Waals surface area contributed by atoms with Crippen molar-refractivity contribution < 1.29 is 0 Å². The van der Waals surface area contributed by atoms with Crippen molar-refractivity contribution in [3.05, 3.63) is 89.1 Å². The first kappa shape index (κ1) is 18.5. The molecule has 4 rings (SSSR count). The minimum atomic E-state index is 0.503. The smallest absolute Gasteiger partial charge is 0.144 e. The Balaban J connectivity index is 1.87.